The summed E-state index contributed by atoms with van der Waals surface area (Å²) in [5.74, 6) is 2.01. The minimum Gasteiger partial charge on any atom is -0.373 e. The van der Waals surface area contributed by atoms with Crippen molar-refractivity contribution in [1.82, 2.24) is 24.6 Å². The first-order valence-corrected chi connectivity index (χ1v) is 12.8. The Balaban J connectivity index is 0.000000170. The third-order valence-electron chi connectivity index (χ3n) is 7.34. The van der Waals surface area contributed by atoms with E-state index in [1.54, 1.807) is 0 Å². The van der Waals surface area contributed by atoms with Gasteiger partial charge in [0.1, 0.15) is 11.6 Å². The molecule has 1 aromatic carbocycles. The van der Waals surface area contributed by atoms with Gasteiger partial charge in [-0.15, -0.1) is 0 Å². The van der Waals surface area contributed by atoms with Crippen LogP contribution < -0.4 is 10.2 Å². The van der Waals surface area contributed by atoms with Crippen LogP contribution in [0.5, 0.6) is 0 Å². The standard InChI is InChI=1S/C15H16N4.C14H23N3/c1-10-14(9-18-19(10)3)11-4-5-12-8-17-15(16-2)7-13(12)6-11;1-4-12-5-8-15-14(11-12)17(3)13-6-9-16(2)10-7-13/h4-9H,1-3H3,(H,16,17);5,8,11,13H,4,6-7,9-10H2,1-3H3. The lowest BCUT2D eigenvalue weighted by Gasteiger charge is -2.35. The van der Waals surface area contributed by atoms with E-state index in [1.165, 1.54) is 53.7 Å². The highest BCUT2D eigenvalue weighted by molar-refractivity contribution is 5.88. The van der Waals surface area contributed by atoms with Crippen molar-refractivity contribution >= 4 is 22.4 Å². The van der Waals surface area contributed by atoms with E-state index in [0.717, 1.165) is 23.4 Å². The molecule has 0 bridgehead atoms. The smallest absolute Gasteiger partial charge is 0.128 e. The number of aryl methyl sites for hydroxylation is 2. The molecule has 1 N–H and O–H groups in total. The number of piperidine rings is 1. The van der Waals surface area contributed by atoms with Crippen molar-refractivity contribution in [2.45, 2.75) is 39.2 Å². The van der Waals surface area contributed by atoms with Crippen LogP contribution in [0.2, 0.25) is 0 Å². The third kappa shape index (κ3) is 5.85. The monoisotopic (exact) mass is 485 g/mol. The quantitative estimate of drug-likeness (QED) is 0.421. The second-order valence-electron chi connectivity index (χ2n) is 9.67. The number of aromatic nitrogens is 4. The molecule has 3 aromatic heterocycles. The number of nitrogens with zero attached hydrogens (tertiary/aromatic N) is 6. The zero-order chi connectivity index (χ0) is 25.7. The molecule has 0 spiro atoms. The molecule has 7 heteroatoms. The van der Waals surface area contributed by atoms with Gasteiger partial charge < -0.3 is 15.1 Å². The van der Waals surface area contributed by atoms with Gasteiger partial charge in [-0.2, -0.15) is 5.10 Å². The molecular weight excluding hydrogens is 446 g/mol. The summed E-state index contributed by atoms with van der Waals surface area (Å²) in [6.07, 6.45) is 9.30. The fourth-order valence-corrected chi connectivity index (χ4v) is 4.67. The van der Waals surface area contributed by atoms with Gasteiger partial charge in [0, 0.05) is 56.2 Å². The van der Waals surface area contributed by atoms with E-state index in [2.05, 4.69) is 94.5 Å². The molecule has 0 aliphatic carbocycles. The number of pyridine rings is 2. The fourth-order valence-electron chi connectivity index (χ4n) is 4.67. The molecule has 7 nitrogen and oxygen atoms in total. The molecule has 0 unspecified atom stereocenters. The summed E-state index contributed by atoms with van der Waals surface area (Å²) in [4.78, 5) is 13.6. The number of hydrogen-bond acceptors (Lipinski definition) is 6. The van der Waals surface area contributed by atoms with Gasteiger partial charge in [0.05, 0.1) is 6.20 Å². The van der Waals surface area contributed by atoms with Crippen LogP contribution in [0, 0.1) is 6.92 Å². The Labute approximate surface area is 215 Å². The second-order valence-corrected chi connectivity index (χ2v) is 9.67. The lowest BCUT2D eigenvalue weighted by Crippen LogP contribution is -2.42. The summed E-state index contributed by atoms with van der Waals surface area (Å²) in [7, 11) is 8.22. The predicted octanol–water partition coefficient (Wildman–Crippen LogP) is 5.16. The molecule has 5 rings (SSSR count). The number of hydrogen-bond donors (Lipinski definition) is 1. The molecule has 0 saturated carbocycles. The van der Waals surface area contributed by atoms with E-state index in [1.807, 2.05) is 37.4 Å². The highest BCUT2D eigenvalue weighted by atomic mass is 15.3. The predicted molar refractivity (Wildman–Crippen MR) is 151 cm³/mol. The number of likely N-dealkylation sites (tertiary alicyclic amines) is 1. The average Bonchev–Trinajstić information content (AvgIpc) is 3.26. The molecule has 1 aliphatic rings. The van der Waals surface area contributed by atoms with Crippen LogP contribution in [0.3, 0.4) is 0 Å². The van der Waals surface area contributed by atoms with Gasteiger partial charge in [-0.3, -0.25) is 4.68 Å². The molecular formula is C29H39N7. The Bertz CT molecular complexity index is 1290. The van der Waals surface area contributed by atoms with E-state index in [9.17, 15) is 0 Å². The van der Waals surface area contributed by atoms with Crippen molar-refractivity contribution in [1.29, 1.82) is 0 Å². The molecule has 0 atom stereocenters. The minimum absolute atomic E-state index is 0.644. The summed E-state index contributed by atoms with van der Waals surface area (Å²) < 4.78 is 1.89. The van der Waals surface area contributed by atoms with Crippen molar-refractivity contribution in [2.24, 2.45) is 7.05 Å². The summed E-state index contributed by atoms with van der Waals surface area (Å²) >= 11 is 0. The summed E-state index contributed by atoms with van der Waals surface area (Å²) in [5.41, 5.74) is 4.90. The molecule has 1 saturated heterocycles. The molecule has 1 fully saturated rings. The maximum Gasteiger partial charge on any atom is 0.128 e. The van der Waals surface area contributed by atoms with Gasteiger partial charge in [0.2, 0.25) is 0 Å². The van der Waals surface area contributed by atoms with E-state index in [-0.39, 0.29) is 0 Å². The molecule has 1 aliphatic heterocycles. The van der Waals surface area contributed by atoms with Crippen LogP contribution in [-0.2, 0) is 13.5 Å². The summed E-state index contributed by atoms with van der Waals surface area (Å²) in [6, 6.07) is 13.4. The summed E-state index contributed by atoms with van der Waals surface area (Å²) in [5, 5.41) is 9.69. The topological polar surface area (TPSA) is 62.1 Å². The van der Waals surface area contributed by atoms with Crippen LogP contribution in [0.4, 0.5) is 11.6 Å². The van der Waals surface area contributed by atoms with Gasteiger partial charge >= 0.3 is 0 Å². The molecule has 36 heavy (non-hydrogen) atoms. The molecule has 4 heterocycles. The van der Waals surface area contributed by atoms with Crippen molar-refractivity contribution in [3.05, 3.63) is 66.2 Å². The normalized spacial score (nSPS) is 14.4. The van der Waals surface area contributed by atoms with E-state index < -0.39 is 0 Å². The number of nitrogens with one attached hydrogen (secondary N) is 1. The van der Waals surface area contributed by atoms with Gasteiger partial charge in [-0.25, -0.2) is 9.97 Å². The molecule has 0 radical (unpaired) electrons. The Hall–Kier alpha value is -3.45. The third-order valence-corrected chi connectivity index (χ3v) is 7.34. The summed E-state index contributed by atoms with van der Waals surface area (Å²) in [6.45, 7) is 6.66. The van der Waals surface area contributed by atoms with Gasteiger partial charge in [-0.05, 0) is 87.1 Å². The van der Waals surface area contributed by atoms with Crippen molar-refractivity contribution < 1.29 is 0 Å². The lowest BCUT2D eigenvalue weighted by molar-refractivity contribution is 0.252. The van der Waals surface area contributed by atoms with Gasteiger partial charge in [0.15, 0.2) is 0 Å². The maximum absolute atomic E-state index is 4.49. The first kappa shape index (κ1) is 25.6. The highest BCUT2D eigenvalue weighted by Crippen LogP contribution is 2.27. The zero-order valence-corrected chi connectivity index (χ0v) is 22.5. The number of rotatable bonds is 5. The van der Waals surface area contributed by atoms with Crippen molar-refractivity contribution in [3.8, 4) is 11.1 Å². The zero-order valence-electron chi connectivity index (χ0n) is 22.5. The first-order valence-electron chi connectivity index (χ1n) is 12.8. The number of fused-ring (bicyclic) bond motifs is 1. The molecule has 4 aromatic rings. The Morgan fingerprint density at radius 1 is 1.00 bits per heavy atom. The van der Waals surface area contributed by atoms with Crippen molar-refractivity contribution in [2.75, 3.05) is 44.4 Å². The van der Waals surface area contributed by atoms with E-state index in [0.29, 0.717) is 6.04 Å². The van der Waals surface area contributed by atoms with Crippen LogP contribution >= 0.6 is 0 Å². The SMILES string of the molecule is CCc1ccnc(N(C)C2CCN(C)CC2)c1.CNc1cc2cc(-c3cnn(C)c3C)ccc2cn1. The largest absolute Gasteiger partial charge is 0.373 e. The van der Waals surface area contributed by atoms with Gasteiger partial charge in [-0.1, -0.05) is 19.1 Å². The van der Waals surface area contributed by atoms with Crippen LogP contribution in [0.25, 0.3) is 21.9 Å². The maximum atomic E-state index is 4.49. The molecule has 0 amide bonds. The highest BCUT2D eigenvalue weighted by Gasteiger charge is 2.21. The van der Waals surface area contributed by atoms with Crippen molar-refractivity contribution in [3.63, 3.8) is 0 Å². The minimum atomic E-state index is 0.644. The van der Waals surface area contributed by atoms with Crippen LogP contribution in [0.1, 0.15) is 31.0 Å². The first-order chi connectivity index (χ1) is 17.4. The number of anilines is 2. The lowest BCUT2D eigenvalue weighted by atomic mass is 10.0. The van der Waals surface area contributed by atoms with E-state index in [4.69, 9.17) is 0 Å². The molecule has 190 valence electrons. The Kier molecular flexibility index (Phi) is 8.21. The number of benzene rings is 1. The van der Waals surface area contributed by atoms with Gasteiger partial charge in [0.25, 0.3) is 0 Å². The fraction of sp³-hybridized carbons (Fsp3) is 0.414. The van der Waals surface area contributed by atoms with E-state index >= 15 is 0 Å². The Morgan fingerprint density at radius 3 is 2.44 bits per heavy atom. The van der Waals surface area contributed by atoms with Crippen LogP contribution in [0.15, 0.2) is 55.0 Å². The second kappa shape index (κ2) is 11.5. The van der Waals surface area contributed by atoms with Crippen LogP contribution in [-0.4, -0.2) is 64.9 Å². The Morgan fingerprint density at radius 2 is 1.78 bits per heavy atom. The average molecular weight is 486 g/mol.